The molecular weight excluding hydrogens is 256 g/mol. The zero-order valence-corrected chi connectivity index (χ0v) is 12.4. The van der Waals surface area contributed by atoms with Crippen LogP contribution in [0.5, 0.6) is 0 Å². The van der Waals surface area contributed by atoms with E-state index in [0.29, 0.717) is 5.92 Å². The largest absolute Gasteiger partial charge is 0.385 e. The van der Waals surface area contributed by atoms with Crippen LogP contribution in [0.4, 0.5) is 5.69 Å². The molecule has 0 saturated carbocycles. The van der Waals surface area contributed by atoms with Gasteiger partial charge in [-0.2, -0.15) is 0 Å². The molecule has 108 valence electrons. The van der Waals surface area contributed by atoms with E-state index < -0.39 is 0 Å². The third-order valence-electron chi connectivity index (χ3n) is 4.90. The maximum Gasteiger partial charge on any atom is 0.0469 e. The number of hydrogen-bond acceptors (Lipinski definition) is 2. The number of benzene rings is 1. The summed E-state index contributed by atoms with van der Waals surface area (Å²) < 4.78 is 0. The second kappa shape index (κ2) is 5.51. The first-order valence-corrected chi connectivity index (χ1v) is 8.19. The summed E-state index contributed by atoms with van der Waals surface area (Å²) in [4.78, 5) is 4.67. The van der Waals surface area contributed by atoms with Crippen molar-refractivity contribution in [2.24, 2.45) is 0 Å². The van der Waals surface area contributed by atoms with Crippen molar-refractivity contribution in [1.29, 1.82) is 0 Å². The molecule has 2 heteroatoms. The highest BCUT2D eigenvalue weighted by Crippen LogP contribution is 2.33. The fourth-order valence-corrected chi connectivity index (χ4v) is 3.84. The van der Waals surface area contributed by atoms with Crippen LogP contribution < -0.4 is 5.32 Å². The Morgan fingerprint density at radius 2 is 2.05 bits per heavy atom. The fourth-order valence-electron chi connectivity index (χ4n) is 3.84. The van der Waals surface area contributed by atoms with Crippen molar-refractivity contribution in [3.63, 3.8) is 0 Å². The van der Waals surface area contributed by atoms with E-state index in [-0.39, 0.29) is 0 Å². The quantitative estimate of drug-likeness (QED) is 0.894. The van der Waals surface area contributed by atoms with Crippen LogP contribution >= 0.6 is 0 Å². The van der Waals surface area contributed by atoms with E-state index in [0.717, 1.165) is 13.0 Å². The number of rotatable bonds is 2. The molecule has 0 bridgehead atoms. The van der Waals surface area contributed by atoms with E-state index in [9.17, 15) is 0 Å². The van der Waals surface area contributed by atoms with Crippen LogP contribution in [-0.2, 0) is 19.3 Å². The van der Waals surface area contributed by atoms with Gasteiger partial charge in [-0.1, -0.05) is 18.2 Å². The van der Waals surface area contributed by atoms with Crippen LogP contribution in [-0.4, -0.2) is 11.5 Å². The van der Waals surface area contributed by atoms with Gasteiger partial charge in [-0.05, 0) is 67.3 Å². The van der Waals surface area contributed by atoms with Crippen LogP contribution in [0.15, 0.2) is 36.5 Å². The Hall–Kier alpha value is -1.83. The van der Waals surface area contributed by atoms with Gasteiger partial charge in [0.1, 0.15) is 0 Å². The smallest absolute Gasteiger partial charge is 0.0469 e. The predicted molar refractivity (Wildman–Crippen MR) is 86.9 cm³/mol. The summed E-state index contributed by atoms with van der Waals surface area (Å²) in [7, 11) is 0. The Bertz CT molecular complexity index is 648. The molecule has 1 aromatic heterocycles. The Morgan fingerprint density at radius 1 is 1.10 bits per heavy atom. The van der Waals surface area contributed by atoms with Crippen molar-refractivity contribution in [3.05, 3.63) is 58.9 Å². The van der Waals surface area contributed by atoms with Crippen molar-refractivity contribution in [2.45, 2.75) is 44.4 Å². The van der Waals surface area contributed by atoms with Crippen LogP contribution in [0.2, 0.25) is 0 Å². The molecule has 4 rings (SSSR count). The lowest BCUT2D eigenvalue weighted by Gasteiger charge is -2.25. The van der Waals surface area contributed by atoms with Gasteiger partial charge in [-0.25, -0.2) is 0 Å². The molecule has 1 unspecified atom stereocenters. The number of fused-ring (bicyclic) bond motifs is 2. The van der Waals surface area contributed by atoms with Crippen LogP contribution in [0.3, 0.4) is 0 Å². The maximum atomic E-state index is 4.67. The van der Waals surface area contributed by atoms with Gasteiger partial charge in [-0.3, -0.25) is 4.98 Å². The molecule has 1 aliphatic carbocycles. The predicted octanol–water partition coefficient (Wildman–Crippen LogP) is 4.10. The zero-order chi connectivity index (χ0) is 14.1. The summed E-state index contributed by atoms with van der Waals surface area (Å²) in [6.07, 6.45) is 9.34. The Morgan fingerprint density at radius 3 is 3.05 bits per heavy atom. The minimum atomic E-state index is 0.601. The van der Waals surface area contributed by atoms with Crippen molar-refractivity contribution >= 4 is 5.69 Å². The number of nitrogens with one attached hydrogen (secondary N) is 1. The van der Waals surface area contributed by atoms with Crippen LogP contribution in [0, 0.1) is 0 Å². The van der Waals surface area contributed by atoms with E-state index in [1.165, 1.54) is 60.2 Å². The van der Waals surface area contributed by atoms with E-state index in [4.69, 9.17) is 0 Å². The second-order valence-electron chi connectivity index (χ2n) is 6.36. The van der Waals surface area contributed by atoms with Gasteiger partial charge < -0.3 is 5.32 Å². The molecule has 0 saturated heterocycles. The highest BCUT2D eigenvalue weighted by Gasteiger charge is 2.22. The van der Waals surface area contributed by atoms with Crippen LogP contribution in [0.1, 0.15) is 47.6 Å². The molecule has 2 aliphatic rings. The highest BCUT2D eigenvalue weighted by atomic mass is 14.9. The maximum absolute atomic E-state index is 4.67. The summed E-state index contributed by atoms with van der Waals surface area (Å²) in [5, 5.41) is 3.50. The van der Waals surface area contributed by atoms with Crippen LogP contribution in [0.25, 0.3) is 0 Å². The first-order valence-electron chi connectivity index (χ1n) is 8.19. The third kappa shape index (κ3) is 2.55. The van der Waals surface area contributed by atoms with Gasteiger partial charge in [0.25, 0.3) is 0 Å². The molecule has 1 aliphatic heterocycles. The number of aryl methyl sites for hydroxylation is 2. The SMILES string of the molecule is c1cnc2c(c1)CCCC2Cc1ccc2c(c1)CCCN2. The zero-order valence-electron chi connectivity index (χ0n) is 12.4. The molecule has 0 amide bonds. The third-order valence-corrected chi connectivity index (χ3v) is 4.90. The summed E-state index contributed by atoms with van der Waals surface area (Å²) in [6.45, 7) is 1.12. The number of hydrogen-bond donors (Lipinski definition) is 1. The number of aromatic nitrogens is 1. The Labute approximate surface area is 126 Å². The van der Waals surface area contributed by atoms with Crippen molar-refractivity contribution < 1.29 is 0 Å². The number of nitrogens with zero attached hydrogens (tertiary/aromatic N) is 1. The minimum Gasteiger partial charge on any atom is -0.385 e. The summed E-state index contributed by atoms with van der Waals surface area (Å²) in [5.74, 6) is 0.601. The average molecular weight is 278 g/mol. The lowest BCUT2D eigenvalue weighted by Crippen LogP contribution is -2.15. The van der Waals surface area contributed by atoms with Gasteiger partial charge in [-0.15, -0.1) is 0 Å². The normalized spacial score (nSPS) is 20.3. The average Bonchev–Trinajstić information content (AvgIpc) is 2.55. The summed E-state index contributed by atoms with van der Waals surface area (Å²) >= 11 is 0. The van der Waals surface area contributed by atoms with Crippen molar-refractivity contribution in [1.82, 2.24) is 4.98 Å². The van der Waals surface area contributed by atoms with E-state index in [2.05, 4.69) is 40.6 Å². The molecule has 2 aromatic rings. The lowest BCUT2D eigenvalue weighted by molar-refractivity contribution is 0.535. The molecule has 21 heavy (non-hydrogen) atoms. The van der Waals surface area contributed by atoms with Gasteiger partial charge >= 0.3 is 0 Å². The minimum absolute atomic E-state index is 0.601. The van der Waals surface area contributed by atoms with Crippen molar-refractivity contribution in [2.75, 3.05) is 11.9 Å². The Balaban J connectivity index is 1.59. The highest BCUT2D eigenvalue weighted by molar-refractivity contribution is 5.54. The van der Waals surface area contributed by atoms with E-state index >= 15 is 0 Å². The lowest BCUT2D eigenvalue weighted by atomic mass is 9.82. The second-order valence-corrected chi connectivity index (χ2v) is 6.36. The standard InChI is InChI=1S/C19H22N2/c1-4-15-6-2-11-21-19(15)17(5-1)13-14-8-9-18-16(12-14)7-3-10-20-18/h2,6,8-9,11-12,17,20H,1,3-5,7,10,13H2. The van der Waals surface area contributed by atoms with Gasteiger partial charge in [0.15, 0.2) is 0 Å². The molecule has 1 atom stereocenters. The molecule has 0 radical (unpaired) electrons. The van der Waals surface area contributed by atoms with E-state index in [1.807, 2.05) is 6.20 Å². The summed E-state index contributed by atoms with van der Waals surface area (Å²) in [5.41, 5.74) is 7.12. The molecular formula is C19H22N2. The summed E-state index contributed by atoms with van der Waals surface area (Å²) in [6, 6.07) is 11.3. The molecule has 1 aromatic carbocycles. The first-order chi connectivity index (χ1) is 10.4. The van der Waals surface area contributed by atoms with Gasteiger partial charge in [0, 0.05) is 30.0 Å². The molecule has 0 spiro atoms. The molecule has 1 N–H and O–H groups in total. The van der Waals surface area contributed by atoms with Crippen molar-refractivity contribution in [3.8, 4) is 0 Å². The topological polar surface area (TPSA) is 24.9 Å². The van der Waals surface area contributed by atoms with Gasteiger partial charge in [0.05, 0.1) is 0 Å². The molecule has 2 heterocycles. The van der Waals surface area contributed by atoms with Gasteiger partial charge in [0.2, 0.25) is 0 Å². The Kier molecular flexibility index (Phi) is 3.38. The monoisotopic (exact) mass is 278 g/mol. The first kappa shape index (κ1) is 12.9. The number of pyridine rings is 1. The molecule has 0 fully saturated rings. The van der Waals surface area contributed by atoms with E-state index in [1.54, 1.807) is 0 Å². The molecule has 2 nitrogen and oxygen atoms in total. The fraction of sp³-hybridized carbons (Fsp3) is 0.421. The number of anilines is 1.